The van der Waals surface area contributed by atoms with E-state index in [1.807, 2.05) is 0 Å². The molecule has 0 atom stereocenters. The second-order valence-electron chi connectivity index (χ2n) is 4.06. The topological polar surface area (TPSA) is 41.1 Å². The molecule has 1 heterocycles. The summed E-state index contributed by atoms with van der Waals surface area (Å²) >= 11 is 0. The third-order valence-corrected chi connectivity index (χ3v) is 2.64. The zero-order valence-electron chi connectivity index (χ0n) is 8.73. The monoisotopic (exact) mass is 194 g/mol. The zero-order valence-corrected chi connectivity index (χ0v) is 8.73. The summed E-state index contributed by atoms with van der Waals surface area (Å²) in [6.45, 7) is 4.06. The lowest BCUT2D eigenvalue weighted by Gasteiger charge is -2.34. The summed E-state index contributed by atoms with van der Waals surface area (Å²) in [4.78, 5) is 11.4. The molecular formula is C11H18N2O. The fraction of sp³-hybridized carbons (Fsp3) is 0.727. The Bertz CT molecular complexity index is 236. The summed E-state index contributed by atoms with van der Waals surface area (Å²) in [5.41, 5.74) is -0.0308. The maximum atomic E-state index is 11.4. The van der Waals surface area contributed by atoms with Crippen LogP contribution >= 0.6 is 0 Å². The van der Waals surface area contributed by atoms with Crippen LogP contribution in [0.2, 0.25) is 0 Å². The fourth-order valence-electron chi connectivity index (χ4n) is 1.69. The van der Waals surface area contributed by atoms with Gasteiger partial charge < -0.3 is 10.6 Å². The van der Waals surface area contributed by atoms with Crippen LogP contribution in [0.1, 0.15) is 32.6 Å². The van der Waals surface area contributed by atoms with Gasteiger partial charge in [-0.25, -0.2) is 0 Å². The Morgan fingerprint density at radius 1 is 1.57 bits per heavy atom. The van der Waals surface area contributed by atoms with Crippen molar-refractivity contribution in [1.29, 1.82) is 0 Å². The van der Waals surface area contributed by atoms with Crippen LogP contribution in [0, 0.1) is 12.3 Å². The van der Waals surface area contributed by atoms with Gasteiger partial charge >= 0.3 is 0 Å². The Hall–Kier alpha value is -1.01. The molecule has 3 nitrogen and oxygen atoms in total. The summed E-state index contributed by atoms with van der Waals surface area (Å²) in [7, 11) is 0. The van der Waals surface area contributed by atoms with E-state index in [4.69, 9.17) is 6.42 Å². The Morgan fingerprint density at radius 3 is 2.79 bits per heavy atom. The van der Waals surface area contributed by atoms with Crippen molar-refractivity contribution in [3.63, 3.8) is 0 Å². The Balaban J connectivity index is 2.34. The molecule has 1 amide bonds. The number of nitrogens with one attached hydrogen (secondary N) is 2. The normalized spacial score (nSPS) is 19.7. The van der Waals surface area contributed by atoms with E-state index in [0.717, 1.165) is 25.9 Å². The molecule has 0 unspecified atom stereocenters. The molecule has 0 bridgehead atoms. The van der Waals surface area contributed by atoms with Crippen molar-refractivity contribution < 1.29 is 4.79 Å². The van der Waals surface area contributed by atoms with Crippen molar-refractivity contribution >= 4 is 5.91 Å². The predicted octanol–water partition coefficient (Wildman–Crippen LogP) is 0.658. The first kappa shape index (κ1) is 11.1. The highest BCUT2D eigenvalue weighted by molar-refractivity contribution is 5.77. The molecule has 0 spiro atoms. The van der Waals surface area contributed by atoms with Crippen molar-refractivity contribution in [1.82, 2.24) is 10.6 Å². The molecule has 2 N–H and O–H groups in total. The number of piperidine rings is 1. The third kappa shape index (κ3) is 3.39. The van der Waals surface area contributed by atoms with Crippen molar-refractivity contribution in [2.75, 3.05) is 13.1 Å². The summed E-state index contributed by atoms with van der Waals surface area (Å²) in [5.74, 6) is 2.55. The molecule has 1 saturated heterocycles. The fourth-order valence-corrected chi connectivity index (χ4v) is 1.69. The molecular weight excluding hydrogens is 176 g/mol. The number of amides is 1. The van der Waals surface area contributed by atoms with Crippen molar-refractivity contribution in [3.05, 3.63) is 0 Å². The van der Waals surface area contributed by atoms with Crippen molar-refractivity contribution in [3.8, 4) is 12.3 Å². The van der Waals surface area contributed by atoms with Crippen LogP contribution in [0.4, 0.5) is 0 Å². The standard InChI is InChI=1S/C11H18N2O/c1-3-4-5-10(14)13-11(2)6-8-12-9-7-11/h1,12H,4-9H2,2H3,(H,13,14). The zero-order chi connectivity index (χ0) is 10.4. The molecule has 1 rings (SSSR count). The number of hydrogen-bond donors (Lipinski definition) is 2. The summed E-state index contributed by atoms with van der Waals surface area (Å²) in [5, 5.41) is 6.33. The van der Waals surface area contributed by atoms with Gasteiger partial charge in [0.05, 0.1) is 0 Å². The van der Waals surface area contributed by atoms with Crippen LogP contribution in [0.5, 0.6) is 0 Å². The molecule has 1 aliphatic heterocycles. The number of hydrogen-bond acceptors (Lipinski definition) is 2. The lowest BCUT2D eigenvalue weighted by molar-refractivity contribution is -0.123. The van der Waals surface area contributed by atoms with Gasteiger partial charge in [0.2, 0.25) is 5.91 Å². The van der Waals surface area contributed by atoms with Crippen molar-refractivity contribution in [2.45, 2.75) is 38.1 Å². The van der Waals surface area contributed by atoms with Gasteiger partial charge in [0.15, 0.2) is 0 Å². The highest BCUT2D eigenvalue weighted by Crippen LogP contribution is 2.17. The predicted molar refractivity (Wildman–Crippen MR) is 56.7 cm³/mol. The van der Waals surface area contributed by atoms with E-state index in [1.165, 1.54) is 0 Å². The minimum atomic E-state index is -0.0308. The Kier molecular flexibility index (Phi) is 3.97. The van der Waals surface area contributed by atoms with Gasteiger partial charge in [0, 0.05) is 18.4 Å². The van der Waals surface area contributed by atoms with Crippen LogP contribution in [-0.2, 0) is 4.79 Å². The lowest BCUT2D eigenvalue weighted by Crippen LogP contribution is -2.52. The van der Waals surface area contributed by atoms with Crippen LogP contribution in [0.25, 0.3) is 0 Å². The number of terminal acetylenes is 1. The minimum Gasteiger partial charge on any atom is -0.351 e. The third-order valence-electron chi connectivity index (χ3n) is 2.64. The smallest absolute Gasteiger partial charge is 0.221 e. The molecule has 14 heavy (non-hydrogen) atoms. The maximum Gasteiger partial charge on any atom is 0.221 e. The van der Waals surface area contributed by atoms with Crippen LogP contribution in [-0.4, -0.2) is 24.5 Å². The first-order valence-corrected chi connectivity index (χ1v) is 5.11. The molecule has 0 radical (unpaired) electrons. The number of carbonyl (C=O) groups excluding carboxylic acids is 1. The first-order valence-electron chi connectivity index (χ1n) is 5.11. The molecule has 78 valence electrons. The van der Waals surface area contributed by atoms with Gasteiger partial charge in [-0.2, -0.15) is 0 Å². The van der Waals surface area contributed by atoms with Crippen molar-refractivity contribution in [2.24, 2.45) is 0 Å². The van der Waals surface area contributed by atoms with Gasteiger partial charge in [-0.05, 0) is 32.9 Å². The average molecular weight is 194 g/mol. The number of carbonyl (C=O) groups is 1. The minimum absolute atomic E-state index is 0.0308. The van der Waals surface area contributed by atoms with E-state index in [1.54, 1.807) is 0 Å². The summed E-state index contributed by atoms with van der Waals surface area (Å²) in [6, 6.07) is 0. The quantitative estimate of drug-likeness (QED) is 0.648. The number of rotatable bonds is 3. The first-order chi connectivity index (χ1) is 6.66. The molecule has 0 aromatic carbocycles. The van der Waals surface area contributed by atoms with E-state index in [9.17, 15) is 4.79 Å². The second-order valence-corrected chi connectivity index (χ2v) is 4.06. The van der Waals surface area contributed by atoms with E-state index in [0.29, 0.717) is 12.8 Å². The molecule has 1 aliphatic rings. The Labute approximate surface area is 85.6 Å². The van der Waals surface area contributed by atoms with Gasteiger partial charge in [-0.1, -0.05) is 0 Å². The van der Waals surface area contributed by atoms with E-state index in [2.05, 4.69) is 23.5 Å². The highest BCUT2D eigenvalue weighted by Gasteiger charge is 2.27. The van der Waals surface area contributed by atoms with Gasteiger partial charge in [0.1, 0.15) is 0 Å². The molecule has 0 aliphatic carbocycles. The molecule has 3 heteroatoms. The van der Waals surface area contributed by atoms with E-state index < -0.39 is 0 Å². The SMILES string of the molecule is C#CCCC(=O)NC1(C)CCNCC1. The van der Waals surface area contributed by atoms with Gasteiger partial charge in [-0.15, -0.1) is 12.3 Å². The average Bonchev–Trinajstić information content (AvgIpc) is 2.15. The molecule has 0 aromatic rings. The van der Waals surface area contributed by atoms with Crippen LogP contribution < -0.4 is 10.6 Å². The molecule has 0 aromatic heterocycles. The summed E-state index contributed by atoms with van der Waals surface area (Å²) < 4.78 is 0. The van der Waals surface area contributed by atoms with E-state index in [-0.39, 0.29) is 11.4 Å². The molecule has 1 fully saturated rings. The maximum absolute atomic E-state index is 11.4. The second kappa shape index (κ2) is 5.02. The molecule has 0 saturated carbocycles. The largest absolute Gasteiger partial charge is 0.351 e. The van der Waals surface area contributed by atoms with E-state index >= 15 is 0 Å². The van der Waals surface area contributed by atoms with Crippen LogP contribution in [0.3, 0.4) is 0 Å². The highest BCUT2D eigenvalue weighted by atomic mass is 16.1. The Morgan fingerprint density at radius 2 is 2.21 bits per heavy atom. The van der Waals surface area contributed by atoms with Crippen LogP contribution in [0.15, 0.2) is 0 Å². The lowest BCUT2D eigenvalue weighted by atomic mass is 9.90. The summed E-state index contributed by atoms with van der Waals surface area (Å²) in [6.07, 6.45) is 8.06. The van der Waals surface area contributed by atoms with Gasteiger partial charge in [-0.3, -0.25) is 4.79 Å². The van der Waals surface area contributed by atoms with Gasteiger partial charge in [0.25, 0.3) is 0 Å².